The van der Waals surface area contributed by atoms with Crippen molar-refractivity contribution in [1.82, 2.24) is 10.2 Å². The van der Waals surface area contributed by atoms with Gasteiger partial charge in [-0.2, -0.15) is 0 Å². The molecule has 5 nitrogen and oxygen atoms in total. The van der Waals surface area contributed by atoms with Gasteiger partial charge in [-0.25, -0.2) is 4.79 Å². The maximum Gasteiger partial charge on any atom is 0.410 e. The fraction of sp³-hybridized carbons (Fsp3) is 0.652. The van der Waals surface area contributed by atoms with Crippen LogP contribution in [-0.2, 0) is 17.7 Å². The van der Waals surface area contributed by atoms with Crippen molar-refractivity contribution in [1.29, 1.82) is 0 Å². The number of Topliss-reactive ketones (excluding diaryl/α,β-unsaturated/α-hetero) is 1. The maximum absolute atomic E-state index is 12.6. The zero-order valence-electron chi connectivity index (χ0n) is 17.6. The van der Waals surface area contributed by atoms with E-state index in [2.05, 4.69) is 17.4 Å². The molecule has 0 aliphatic carbocycles. The summed E-state index contributed by atoms with van der Waals surface area (Å²) in [6, 6.07) is 6.17. The third-order valence-electron chi connectivity index (χ3n) is 5.70. The number of amides is 1. The number of nitrogens with one attached hydrogen (secondary N) is 1. The van der Waals surface area contributed by atoms with E-state index >= 15 is 0 Å². The minimum absolute atomic E-state index is 0.205. The van der Waals surface area contributed by atoms with E-state index in [1.54, 1.807) is 0 Å². The first-order valence-electron chi connectivity index (χ1n) is 10.7. The third kappa shape index (κ3) is 5.81. The molecule has 0 unspecified atom stereocenters. The van der Waals surface area contributed by atoms with Crippen LogP contribution in [0.4, 0.5) is 4.79 Å². The van der Waals surface area contributed by atoms with Crippen LogP contribution >= 0.6 is 0 Å². The molecule has 2 heterocycles. The SMILES string of the molecule is CC(C)(C)OC(=O)N1CCC(CCCC(=O)c2ccc3c(c2)CCNC3)CC1. The fourth-order valence-corrected chi connectivity index (χ4v) is 4.08. The summed E-state index contributed by atoms with van der Waals surface area (Å²) < 4.78 is 5.45. The Hall–Kier alpha value is -1.88. The van der Waals surface area contributed by atoms with Gasteiger partial charge in [0.25, 0.3) is 0 Å². The molecule has 0 saturated carbocycles. The van der Waals surface area contributed by atoms with Crippen molar-refractivity contribution in [3.8, 4) is 0 Å². The molecule has 2 aliphatic rings. The Morgan fingerprint density at radius 3 is 2.64 bits per heavy atom. The van der Waals surface area contributed by atoms with E-state index in [1.165, 1.54) is 11.1 Å². The van der Waals surface area contributed by atoms with Crippen molar-refractivity contribution in [3.05, 3.63) is 34.9 Å². The molecular weight excluding hydrogens is 352 g/mol. The van der Waals surface area contributed by atoms with Gasteiger partial charge in [0.2, 0.25) is 0 Å². The molecule has 28 heavy (non-hydrogen) atoms. The topological polar surface area (TPSA) is 58.6 Å². The summed E-state index contributed by atoms with van der Waals surface area (Å²) in [6.45, 7) is 9.10. The van der Waals surface area contributed by atoms with Gasteiger partial charge < -0.3 is 15.0 Å². The lowest BCUT2D eigenvalue weighted by molar-refractivity contribution is 0.0181. The van der Waals surface area contributed by atoms with Crippen molar-refractivity contribution in [2.24, 2.45) is 5.92 Å². The summed E-state index contributed by atoms with van der Waals surface area (Å²) in [5.41, 5.74) is 3.06. The van der Waals surface area contributed by atoms with Gasteiger partial charge in [-0.3, -0.25) is 4.79 Å². The highest BCUT2D eigenvalue weighted by molar-refractivity contribution is 5.96. The summed E-state index contributed by atoms with van der Waals surface area (Å²) in [6.07, 6.45) is 5.40. The molecule has 3 rings (SSSR count). The highest BCUT2D eigenvalue weighted by Gasteiger charge is 2.26. The molecule has 0 bridgehead atoms. The number of benzene rings is 1. The molecule has 2 aliphatic heterocycles. The summed E-state index contributed by atoms with van der Waals surface area (Å²) in [5, 5.41) is 3.36. The van der Waals surface area contributed by atoms with Crippen LogP contribution in [0.25, 0.3) is 0 Å². The van der Waals surface area contributed by atoms with Crippen LogP contribution in [0.2, 0.25) is 0 Å². The van der Waals surface area contributed by atoms with Gasteiger partial charge in [0.05, 0.1) is 0 Å². The minimum Gasteiger partial charge on any atom is -0.444 e. The molecule has 1 amide bonds. The average Bonchev–Trinajstić information content (AvgIpc) is 2.66. The molecule has 0 aromatic heterocycles. The molecular formula is C23H34N2O3. The lowest BCUT2D eigenvalue weighted by Crippen LogP contribution is -2.41. The second kappa shape index (κ2) is 9.08. The number of fused-ring (bicyclic) bond motifs is 1. The number of piperidine rings is 1. The first-order chi connectivity index (χ1) is 13.3. The molecule has 1 N–H and O–H groups in total. The number of likely N-dealkylation sites (tertiary alicyclic amines) is 1. The van der Waals surface area contributed by atoms with Crippen molar-refractivity contribution in [2.45, 2.75) is 71.4 Å². The molecule has 5 heteroatoms. The zero-order valence-corrected chi connectivity index (χ0v) is 17.6. The van der Waals surface area contributed by atoms with E-state index in [4.69, 9.17) is 4.74 Å². The van der Waals surface area contributed by atoms with Crippen LogP contribution < -0.4 is 5.32 Å². The minimum atomic E-state index is -0.443. The molecule has 1 fully saturated rings. The highest BCUT2D eigenvalue weighted by atomic mass is 16.6. The van der Waals surface area contributed by atoms with E-state index in [1.807, 2.05) is 31.7 Å². The Labute approximate surface area is 168 Å². The van der Waals surface area contributed by atoms with Crippen LogP contribution in [0.1, 0.15) is 74.4 Å². The Balaban J connectivity index is 1.39. The van der Waals surface area contributed by atoms with Crippen LogP contribution in [0.5, 0.6) is 0 Å². The number of hydrogen-bond donors (Lipinski definition) is 1. The van der Waals surface area contributed by atoms with Gasteiger partial charge in [0.15, 0.2) is 5.78 Å². The summed E-state index contributed by atoms with van der Waals surface area (Å²) in [7, 11) is 0. The van der Waals surface area contributed by atoms with Crippen molar-refractivity contribution >= 4 is 11.9 Å². The van der Waals surface area contributed by atoms with Crippen LogP contribution in [0.3, 0.4) is 0 Å². The Bertz CT molecular complexity index is 700. The largest absolute Gasteiger partial charge is 0.444 e. The zero-order chi connectivity index (χ0) is 20.1. The van der Waals surface area contributed by atoms with Crippen molar-refractivity contribution in [3.63, 3.8) is 0 Å². The Morgan fingerprint density at radius 2 is 1.93 bits per heavy atom. The standard InChI is InChI=1S/C23H34N2O3/c1-23(2,3)28-22(27)25-13-10-17(11-14-25)5-4-6-21(26)19-7-8-20-16-24-12-9-18(20)15-19/h7-8,15,17,24H,4-6,9-14,16H2,1-3H3. The number of carbonyl (C=O) groups excluding carboxylic acids is 2. The van der Waals surface area contributed by atoms with Crippen LogP contribution in [0.15, 0.2) is 18.2 Å². The quantitative estimate of drug-likeness (QED) is 0.765. The maximum atomic E-state index is 12.6. The van der Waals surface area contributed by atoms with Gasteiger partial charge in [0, 0.05) is 31.6 Å². The molecule has 154 valence electrons. The number of hydrogen-bond acceptors (Lipinski definition) is 4. The summed E-state index contributed by atoms with van der Waals surface area (Å²) >= 11 is 0. The second-order valence-electron chi connectivity index (χ2n) is 9.14. The van der Waals surface area contributed by atoms with Gasteiger partial charge in [-0.1, -0.05) is 12.1 Å². The van der Waals surface area contributed by atoms with E-state index in [0.29, 0.717) is 12.3 Å². The van der Waals surface area contributed by atoms with Gasteiger partial charge >= 0.3 is 6.09 Å². The highest BCUT2D eigenvalue weighted by Crippen LogP contribution is 2.25. The van der Waals surface area contributed by atoms with E-state index in [0.717, 1.165) is 63.8 Å². The molecule has 0 spiro atoms. The summed E-state index contributed by atoms with van der Waals surface area (Å²) in [4.78, 5) is 26.5. The molecule has 0 radical (unpaired) electrons. The van der Waals surface area contributed by atoms with Crippen molar-refractivity contribution in [2.75, 3.05) is 19.6 Å². The van der Waals surface area contributed by atoms with E-state index in [-0.39, 0.29) is 11.9 Å². The Morgan fingerprint density at radius 1 is 1.18 bits per heavy atom. The van der Waals surface area contributed by atoms with Gasteiger partial charge in [-0.15, -0.1) is 0 Å². The number of ketones is 1. The monoisotopic (exact) mass is 386 g/mol. The first kappa shape index (κ1) is 20.8. The molecule has 1 aromatic carbocycles. The van der Waals surface area contributed by atoms with Gasteiger partial charge in [-0.05, 0) is 82.5 Å². The third-order valence-corrected chi connectivity index (χ3v) is 5.70. The van der Waals surface area contributed by atoms with E-state index < -0.39 is 5.60 Å². The molecule has 1 saturated heterocycles. The predicted octanol–water partition coefficient (Wildman–Crippen LogP) is 4.33. The first-order valence-corrected chi connectivity index (χ1v) is 10.7. The molecule has 0 atom stereocenters. The van der Waals surface area contributed by atoms with E-state index in [9.17, 15) is 9.59 Å². The van der Waals surface area contributed by atoms with Crippen LogP contribution in [-0.4, -0.2) is 42.0 Å². The van der Waals surface area contributed by atoms with Crippen molar-refractivity contribution < 1.29 is 14.3 Å². The number of nitrogens with zero attached hydrogens (tertiary/aromatic N) is 1. The molecule has 1 aromatic rings. The number of carbonyl (C=O) groups is 2. The average molecular weight is 387 g/mol. The number of ether oxygens (including phenoxy) is 1. The fourth-order valence-electron chi connectivity index (χ4n) is 4.08. The van der Waals surface area contributed by atoms with Crippen LogP contribution in [0, 0.1) is 5.92 Å². The lowest BCUT2D eigenvalue weighted by atomic mass is 9.90. The van der Waals surface area contributed by atoms with Gasteiger partial charge in [0.1, 0.15) is 5.60 Å². The second-order valence-corrected chi connectivity index (χ2v) is 9.14. The number of rotatable bonds is 5. The lowest BCUT2D eigenvalue weighted by Gasteiger charge is -2.33. The smallest absolute Gasteiger partial charge is 0.410 e. The Kier molecular flexibility index (Phi) is 6.76. The normalized spacial score (nSPS) is 17.9. The summed E-state index contributed by atoms with van der Waals surface area (Å²) in [5.74, 6) is 0.855. The predicted molar refractivity (Wildman–Crippen MR) is 111 cm³/mol.